The van der Waals surface area contributed by atoms with Gasteiger partial charge in [-0.15, -0.1) is 0 Å². The second kappa shape index (κ2) is 6.58. The van der Waals surface area contributed by atoms with E-state index in [1.54, 1.807) is 19.1 Å². The van der Waals surface area contributed by atoms with E-state index in [2.05, 4.69) is 5.32 Å². The molecule has 0 unspecified atom stereocenters. The number of carbonyl (C=O) groups is 1. The van der Waals surface area contributed by atoms with E-state index in [1.807, 2.05) is 37.3 Å². The Morgan fingerprint density at radius 3 is 2.71 bits per heavy atom. The Morgan fingerprint density at radius 2 is 2.10 bits per heavy atom. The first-order valence-corrected chi connectivity index (χ1v) is 6.71. The van der Waals surface area contributed by atoms with Crippen LogP contribution in [0.1, 0.15) is 24.0 Å². The number of furan rings is 1. The van der Waals surface area contributed by atoms with Crippen molar-refractivity contribution in [1.29, 1.82) is 5.26 Å². The first-order chi connectivity index (χ1) is 10.1. The number of nitrogens with zero attached hydrogens (tertiary/aromatic N) is 1. The Balaban J connectivity index is 2.22. The van der Waals surface area contributed by atoms with E-state index in [0.29, 0.717) is 5.76 Å². The number of nitrogens with one attached hydrogen (secondary N) is 1. The van der Waals surface area contributed by atoms with Crippen LogP contribution in [-0.2, 0) is 11.2 Å². The Labute approximate surface area is 123 Å². The first kappa shape index (κ1) is 14.6. The number of carbonyl (C=O) groups excluding carboxylic acids is 1. The zero-order chi connectivity index (χ0) is 15.2. The van der Waals surface area contributed by atoms with Gasteiger partial charge in [0, 0.05) is 11.8 Å². The van der Waals surface area contributed by atoms with Gasteiger partial charge >= 0.3 is 0 Å². The van der Waals surface area contributed by atoms with E-state index >= 15 is 0 Å². The number of aryl methyl sites for hydroxylation is 2. The van der Waals surface area contributed by atoms with Crippen molar-refractivity contribution in [3.05, 3.63) is 59.1 Å². The maximum absolute atomic E-state index is 12.2. The molecular formula is C17H16N2O2. The van der Waals surface area contributed by atoms with E-state index in [-0.39, 0.29) is 5.57 Å². The molecule has 0 spiro atoms. The van der Waals surface area contributed by atoms with E-state index in [4.69, 9.17) is 9.68 Å². The zero-order valence-corrected chi connectivity index (χ0v) is 12.0. The summed E-state index contributed by atoms with van der Waals surface area (Å²) >= 11 is 0. The van der Waals surface area contributed by atoms with Crippen LogP contribution < -0.4 is 5.32 Å². The monoisotopic (exact) mass is 280 g/mol. The summed E-state index contributed by atoms with van der Waals surface area (Å²) < 4.78 is 5.35. The molecule has 4 heteroatoms. The third-order valence-electron chi connectivity index (χ3n) is 3.06. The molecular weight excluding hydrogens is 264 g/mol. The molecule has 0 fully saturated rings. The van der Waals surface area contributed by atoms with Crippen molar-refractivity contribution in [2.24, 2.45) is 0 Å². The summed E-state index contributed by atoms with van der Waals surface area (Å²) in [5, 5.41) is 11.9. The highest BCUT2D eigenvalue weighted by Gasteiger charge is 2.12. The van der Waals surface area contributed by atoms with Gasteiger partial charge in [0.2, 0.25) is 0 Å². The van der Waals surface area contributed by atoms with Gasteiger partial charge in [0.15, 0.2) is 0 Å². The fourth-order valence-electron chi connectivity index (χ4n) is 1.96. The highest BCUT2D eigenvalue weighted by atomic mass is 16.3. The number of benzene rings is 1. The standard InChI is InChI=1S/C17H16N2O2/c1-3-13-6-4-5-7-16(13)19-17(20)14(11-18)10-15-9-8-12(2)21-15/h4-10H,3H2,1-2H3,(H,19,20). The molecule has 0 aliphatic heterocycles. The van der Waals surface area contributed by atoms with E-state index in [1.165, 1.54) is 6.08 Å². The Bertz CT molecular complexity index is 720. The normalized spacial score (nSPS) is 11.0. The molecule has 0 atom stereocenters. The van der Waals surface area contributed by atoms with Crippen LogP contribution in [0, 0.1) is 18.3 Å². The summed E-state index contributed by atoms with van der Waals surface area (Å²) in [5.74, 6) is 0.783. The number of nitriles is 1. The van der Waals surface area contributed by atoms with Crippen LogP contribution in [0.5, 0.6) is 0 Å². The highest BCUT2D eigenvalue weighted by Crippen LogP contribution is 2.17. The topological polar surface area (TPSA) is 66.0 Å². The van der Waals surface area contributed by atoms with Crippen molar-refractivity contribution in [2.75, 3.05) is 5.32 Å². The lowest BCUT2D eigenvalue weighted by atomic mass is 10.1. The van der Waals surface area contributed by atoms with Gasteiger partial charge in [-0.05, 0) is 37.1 Å². The van der Waals surface area contributed by atoms with Crippen molar-refractivity contribution in [2.45, 2.75) is 20.3 Å². The molecule has 1 heterocycles. The summed E-state index contributed by atoms with van der Waals surface area (Å²) in [6, 6.07) is 12.9. The molecule has 106 valence electrons. The quantitative estimate of drug-likeness (QED) is 0.686. The number of rotatable bonds is 4. The van der Waals surface area contributed by atoms with E-state index in [0.717, 1.165) is 23.4 Å². The minimum Gasteiger partial charge on any atom is -0.462 e. The molecule has 0 radical (unpaired) electrons. The molecule has 0 aliphatic carbocycles. The average Bonchev–Trinajstić information content (AvgIpc) is 2.90. The minimum atomic E-state index is -0.438. The van der Waals surface area contributed by atoms with Crippen LogP contribution >= 0.6 is 0 Å². The predicted molar refractivity (Wildman–Crippen MR) is 81.5 cm³/mol. The molecule has 0 aliphatic rings. The van der Waals surface area contributed by atoms with Crippen molar-refractivity contribution >= 4 is 17.7 Å². The fourth-order valence-corrected chi connectivity index (χ4v) is 1.96. The number of para-hydroxylation sites is 1. The number of anilines is 1. The average molecular weight is 280 g/mol. The molecule has 0 saturated heterocycles. The molecule has 2 aromatic rings. The summed E-state index contributed by atoms with van der Waals surface area (Å²) in [4.78, 5) is 12.2. The molecule has 1 aromatic carbocycles. The van der Waals surface area contributed by atoms with Gasteiger partial charge in [0.25, 0.3) is 5.91 Å². The predicted octanol–water partition coefficient (Wildman–Crippen LogP) is 3.70. The van der Waals surface area contributed by atoms with Gasteiger partial charge in [-0.3, -0.25) is 4.79 Å². The Morgan fingerprint density at radius 1 is 1.33 bits per heavy atom. The maximum atomic E-state index is 12.2. The number of amides is 1. The van der Waals surface area contributed by atoms with Gasteiger partial charge in [0.05, 0.1) is 0 Å². The van der Waals surface area contributed by atoms with Gasteiger partial charge < -0.3 is 9.73 Å². The zero-order valence-electron chi connectivity index (χ0n) is 12.0. The van der Waals surface area contributed by atoms with Crippen LogP contribution in [0.4, 0.5) is 5.69 Å². The molecule has 4 nitrogen and oxygen atoms in total. The number of hydrogen-bond acceptors (Lipinski definition) is 3. The first-order valence-electron chi connectivity index (χ1n) is 6.71. The van der Waals surface area contributed by atoms with E-state index < -0.39 is 5.91 Å². The minimum absolute atomic E-state index is 0.00950. The smallest absolute Gasteiger partial charge is 0.266 e. The maximum Gasteiger partial charge on any atom is 0.266 e. The molecule has 2 rings (SSSR count). The van der Waals surface area contributed by atoms with Gasteiger partial charge in [0.1, 0.15) is 23.2 Å². The van der Waals surface area contributed by atoms with Crippen LogP contribution in [0.2, 0.25) is 0 Å². The summed E-state index contributed by atoms with van der Waals surface area (Å²) in [7, 11) is 0. The second-order valence-electron chi connectivity index (χ2n) is 4.58. The summed E-state index contributed by atoms with van der Waals surface area (Å²) in [6.07, 6.45) is 2.25. The third-order valence-corrected chi connectivity index (χ3v) is 3.06. The molecule has 0 bridgehead atoms. The van der Waals surface area contributed by atoms with Crippen molar-refractivity contribution in [3.63, 3.8) is 0 Å². The van der Waals surface area contributed by atoms with Crippen molar-refractivity contribution in [3.8, 4) is 6.07 Å². The largest absolute Gasteiger partial charge is 0.462 e. The molecule has 1 aromatic heterocycles. The molecule has 0 saturated carbocycles. The van der Waals surface area contributed by atoms with Crippen LogP contribution in [0.15, 0.2) is 46.4 Å². The van der Waals surface area contributed by atoms with Gasteiger partial charge in [-0.2, -0.15) is 5.26 Å². The van der Waals surface area contributed by atoms with Crippen molar-refractivity contribution < 1.29 is 9.21 Å². The van der Waals surface area contributed by atoms with Crippen LogP contribution in [0.25, 0.3) is 6.08 Å². The lowest BCUT2D eigenvalue weighted by molar-refractivity contribution is -0.112. The third kappa shape index (κ3) is 3.61. The lowest BCUT2D eigenvalue weighted by Crippen LogP contribution is -2.14. The van der Waals surface area contributed by atoms with Crippen LogP contribution in [-0.4, -0.2) is 5.91 Å². The molecule has 21 heavy (non-hydrogen) atoms. The summed E-state index contributed by atoms with van der Waals surface area (Å²) in [6.45, 7) is 3.82. The van der Waals surface area contributed by atoms with Crippen molar-refractivity contribution in [1.82, 2.24) is 0 Å². The highest BCUT2D eigenvalue weighted by molar-refractivity contribution is 6.09. The Kier molecular flexibility index (Phi) is 4.57. The van der Waals surface area contributed by atoms with Gasteiger partial charge in [-0.25, -0.2) is 0 Å². The lowest BCUT2D eigenvalue weighted by Gasteiger charge is -2.08. The van der Waals surface area contributed by atoms with Gasteiger partial charge in [-0.1, -0.05) is 25.1 Å². The van der Waals surface area contributed by atoms with E-state index in [9.17, 15) is 4.79 Å². The van der Waals surface area contributed by atoms with Crippen LogP contribution in [0.3, 0.4) is 0 Å². The molecule has 1 N–H and O–H groups in total. The fraction of sp³-hybridized carbons (Fsp3) is 0.176. The SMILES string of the molecule is CCc1ccccc1NC(=O)C(C#N)=Cc1ccc(C)o1. The molecule has 1 amide bonds. The Hall–Kier alpha value is -2.80. The second-order valence-corrected chi connectivity index (χ2v) is 4.58. The summed E-state index contributed by atoms with van der Waals surface area (Å²) in [5.41, 5.74) is 1.76. The number of hydrogen-bond donors (Lipinski definition) is 1.